The Morgan fingerprint density at radius 2 is 1.96 bits per heavy atom. The predicted octanol–water partition coefficient (Wildman–Crippen LogP) is 2.77. The molecule has 0 fully saturated rings. The number of aryl methyl sites for hydroxylation is 1. The summed E-state index contributed by atoms with van der Waals surface area (Å²) in [7, 11) is 1.63. The number of hydrazine groups is 1. The first kappa shape index (κ1) is 18.0. The van der Waals surface area contributed by atoms with E-state index in [-0.39, 0.29) is 5.91 Å². The smallest absolute Gasteiger partial charge is 0.262 e. The van der Waals surface area contributed by atoms with Crippen LogP contribution in [0, 0.1) is 6.92 Å². The normalized spacial score (nSPS) is 10.4. The Bertz CT molecular complexity index is 724. The molecular weight excluding hydrogens is 342 g/mol. The molecule has 24 heavy (non-hydrogen) atoms. The van der Waals surface area contributed by atoms with Crippen molar-refractivity contribution in [2.45, 2.75) is 13.5 Å². The fourth-order valence-corrected chi connectivity index (χ4v) is 2.73. The van der Waals surface area contributed by atoms with E-state index in [9.17, 15) is 4.79 Å². The molecule has 0 unspecified atom stereocenters. The second-order valence-corrected chi connectivity index (χ2v) is 6.65. The average Bonchev–Trinajstić information content (AvgIpc) is 3.02. The first-order valence-corrected chi connectivity index (χ1v) is 8.50. The van der Waals surface area contributed by atoms with Gasteiger partial charge in [0.15, 0.2) is 5.11 Å². The molecule has 0 saturated carbocycles. The van der Waals surface area contributed by atoms with Crippen molar-refractivity contribution in [1.82, 2.24) is 16.2 Å². The van der Waals surface area contributed by atoms with Gasteiger partial charge in [-0.2, -0.15) is 0 Å². The lowest BCUT2D eigenvalue weighted by Gasteiger charge is -2.10. The van der Waals surface area contributed by atoms with Crippen molar-refractivity contribution in [2.24, 2.45) is 0 Å². The number of rotatable bonds is 5. The van der Waals surface area contributed by atoms with Crippen LogP contribution in [0.1, 0.15) is 15.3 Å². The van der Waals surface area contributed by atoms with Crippen LogP contribution in [0.15, 0.2) is 42.5 Å². The third-order valence-corrected chi connectivity index (χ3v) is 4.28. The number of amides is 1. The van der Waals surface area contributed by atoms with E-state index < -0.39 is 0 Å². The molecule has 2 aromatic rings. The van der Waals surface area contributed by atoms with Gasteiger partial charge in [0.25, 0.3) is 5.91 Å². The maximum Gasteiger partial charge on any atom is 0.262 e. The highest BCUT2D eigenvalue weighted by Gasteiger charge is 2.00. The summed E-state index contributed by atoms with van der Waals surface area (Å²) in [5.41, 5.74) is 6.24. The van der Waals surface area contributed by atoms with Crippen molar-refractivity contribution < 1.29 is 9.53 Å². The van der Waals surface area contributed by atoms with Crippen molar-refractivity contribution in [1.29, 1.82) is 0 Å². The first-order valence-electron chi connectivity index (χ1n) is 7.28. The molecule has 7 heteroatoms. The first-order chi connectivity index (χ1) is 11.6. The minimum Gasteiger partial charge on any atom is -0.497 e. The Hall–Kier alpha value is -2.38. The van der Waals surface area contributed by atoms with Crippen LogP contribution in [-0.2, 0) is 11.3 Å². The summed E-state index contributed by atoms with van der Waals surface area (Å²) in [6.07, 6.45) is 3.23. The molecule has 0 saturated heterocycles. The van der Waals surface area contributed by atoms with E-state index in [4.69, 9.17) is 17.0 Å². The van der Waals surface area contributed by atoms with Crippen molar-refractivity contribution in [2.75, 3.05) is 7.11 Å². The van der Waals surface area contributed by atoms with E-state index in [0.29, 0.717) is 11.7 Å². The highest BCUT2D eigenvalue weighted by molar-refractivity contribution is 7.80. The number of thiophene rings is 1. The van der Waals surface area contributed by atoms with Gasteiger partial charge in [0.05, 0.1) is 7.11 Å². The number of hydrogen-bond donors (Lipinski definition) is 3. The SMILES string of the molecule is COc1ccc(CNC(=S)NNC(=O)/C=C/c2ccc(C)s2)cc1. The van der Waals surface area contributed by atoms with Crippen LogP contribution in [0.2, 0.25) is 0 Å². The molecule has 5 nitrogen and oxygen atoms in total. The van der Waals surface area contributed by atoms with E-state index in [1.54, 1.807) is 24.5 Å². The van der Waals surface area contributed by atoms with Gasteiger partial charge in [-0.3, -0.25) is 15.6 Å². The lowest BCUT2D eigenvalue weighted by Crippen LogP contribution is -2.45. The van der Waals surface area contributed by atoms with Gasteiger partial charge in [0, 0.05) is 22.4 Å². The number of carbonyl (C=O) groups is 1. The van der Waals surface area contributed by atoms with Gasteiger partial charge in [0.1, 0.15) is 5.75 Å². The van der Waals surface area contributed by atoms with Crippen molar-refractivity contribution in [3.05, 3.63) is 57.8 Å². The van der Waals surface area contributed by atoms with Gasteiger partial charge < -0.3 is 10.1 Å². The Morgan fingerprint density at radius 3 is 2.58 bits per heavy atom. The zero-order valence-corrected chi connectivity index (χ0v) is 15.1. The van der Waals surface area contributed by atoms with Gasteiger partial charge >= 0.3 is 0 Å². The van der Waals surface area contributed by atoms with Crippen LogP contribution >= 0.6 is 23.6 Å². The number of hydrogen-bond acceptors (Lipinski definition) is 4. The number of ether oxygens (including phenoxy) is 1. The molecule has 3 N–H and O–H groups in total. The van der Waals surface area contributed by atoms with Crippen LogP contribution in [0.5, 0.6) is 5.75 Å². The standard InChI is InChI=1S/C17H19N3O2S2/c1-12-3-8-15(24-12)9-10-16(21)19-20-17(23)18-11-13-4-6-14(22-2)7-5-13/h3-10H,11H2,1-2H3,(H,19,21)(H2,18,20,23)/b10-9+. The second kappa shape index (κ2) is 9.05. The largest absolute Gasteiger partial charge is 0.497 e. The molecule has 0 atom stereocenters. The monoisotopic (exact) mass is 361 g/mol. The topological polar surface area (TPSA) is 62.4 Å². The Kier molecular flexibility index (Phi) is 6.77. The lowest BCUT2D eigenvalue weighted by atomic mass is 10.2. The minimum absolute atomic E-state index is 0.269. The zero-order valence-electron chi connectivity index (χ0n) is 13.5. The lowest BCUT2D eigenvalue weighted by molar-refractivity contribution is -0.116. The van der Waals surface area contributed by atoms with E-state index in [0.717, 1.165) is 16.2 Å². The minimum atomic E-state index is -0.269. The van der Waals surface area contributed by atoms with Gasteiger partial charge in [-0.05, 0) is 55.0 Å². The summed E-state index contributed by atoms with van der Waals surface area (Å²) in [4.78, 5) is 14.0. The van der Waals surface area contributed by atoms with Crippen LogP contribution in [0.25, 0.3) is 6.08 Å². The summed E-state index contributed by atoms with van der Waals surface area (Å²) in [5.74, 6) is 0.536. The molecule has 0 radical (unpaired) electrons. The number of nitrogens with one attached hydrogen (secondary N) is 3. The molecule has 1 aromatic carbocycles. The van der Waals surface area contributed by atoms with E-state index in [1.807, 2.05) is 43.3 Å². The van der Waals surface area contributed by atoms with Crippen molar-refractivity contribution in [3.63, 3.8) is 0 Å². The highest BCUT2D eigenvalue weighted by Crippen LogP contribution is 2.16. The molecule has 1 heterocycles. The molecule has 1 aromatic heterocycles. The summed E-state index contributed by atoms with van der Waals surface area (Å²) in [5, 5.41) is 3.36. The van der Waals surface area contributed by atoms with Gasteiger partial charge in [-0.15, -0.1) is 11.3 Å². The fraction of sp³-hybridized carbons (Fsp3) is 0.176. The molecule has 0 bridgehead atoms. The van der Waals surface area contributed by atoms with Crippen LogP contribution in [0.3, 0.4) is 0 Å². The van der Waals surface area contributed by atoms with Crippen molar-refractivity contribution in [3.8, 4) is 5.75 Å². The number of thiocarbonyl (C=S) groups is 1. The van der Waals surface area contributed by atoms with Gasteiger partial charge in [-0.1, -0.05) is 12.1 Å². The van der Waals surface area contributed by atoms with Crippen molar-refractivity contribution >= 4 is 40.7 Å². The maximum absolute atomic E-state index is 11.7. The number of benzene rings is 1. The maximum atomic E-state index is 11.7. The molecule has 2 rings (SSSR count). The summed E-state index contributed by atoms with van der Waals surface area (Å²) in [6, 6.07) is 11.6. The second-order valence-electron chi connectivity index (χ2n) is 4.93. The van der Waals surface area contributed by atoms with E-state index >= 15 is 0 Å². The predicted molar refractivity (Wildman–Crippen MR) is 102 cm³/mol. The van der Waals surface area contributed by atoms with Crippen LogP contribution < -0.4 is 20.9 Å². The molecule has 0 aliphatic heterocycles. The summed E-state index contributed by atoms with van der Waals surface area (Å²) >= 11 is 6.75. The third kappa shape index (κ3) is 6.02. The van der Waals surface area contributed by atoms with Crippen LogP contribution in [0.4, 0.5) is 0 Å². The molecular formula is C17H19N3O2S2. The Labute approximate surface area is 150 Å². The summed E-state index contributed by atoms with van der Waals surface area (Å²) < 4.78 is 5.10. The molecule has 126 valence electrons. The average molecular weight is 361 g/mol. The molecule has 0 aliphatic rings. The summed E-state index contributed by atoms with van der Waals surface area (Å²) in [6.45, 7) is 2.58. The highest BCUT2D eigenvalue weighted by atomic mass is 32.1. The quantitative estimate of drug-likeness (QED) is 0.434. The Morgan fingerprint density at radius 1 is 1.21 bits per heavy atom. The number of carbonyl (C=O) groups excluding carboxylic acids is 1. The van der Waals surface area contributed by atoms with Gasteiger partial charge in [0.2, 0.25) is 0 Å². The Balaban J connectivity index is 1.70. The van der Waals surface area contributed by atoms with Crippen LogP contribution in [-0.4, -0.2) is 18.1 Å². The fourth-order valence-electron chi connectivity index (χ4n) is 1.83. The molecule has 0 aliphatic carbocycles. The van der Waals surface area contributed by atoms with Gasteiger partial charge in [-0.25, -0.2) is 0 Å². The molecule has 0 spiro atoms. The third-order valence-electron chi connectivity index (χ3n) is 3.07. The van der Waals surface area contributed by atoms with E-state index in [2.05, 4.69) is 16.2 Å². The molecule has 1 amide bonds. The number of methoxy groups -OCH3 is 1. The zero-order chi connectivity index (χ0) is 17.4. The van der Waals surface area contributed by atoms with E-state index in [1.165, 1.54) is 11.0 Å².